The Morgan fingerprint density at radius 3 is 3.06 bits per heavy atom. The lowest BCUT2D eigenvalue weighted by Gasteiger charge is -2.09. The van der Waals surface area contributed by atoms with Gasteiger partial charge in [0.05, 0.1) is 6.54 Å². The molecule has 2 aromatic rings. The van der Waals surface area contributed by atoms with E-state index in [1.54, 1.807) is 6.20 Å². The van der Waals surface area contributed by atoms with Gasteiger partial charge in [-0.3, -0.25) is 0 Å². The van der Waals surface area contributed by atoms with Gasteiger partial charge in [0, 0.05) is 29.8 Å². The standard InChI is InChI=1S/C9H14N6S/c1-6(2)8-11-3-4-15(8)5-7-9(12-10)16-14-13-7/h3-4,6,12H,5,10H2,1-2H3. The van der Waals surface area contributed by atoms with E-state index in [9.17, 15) is 0 Å². The highest BCUT2D eigenvalue weighted by Gasteiger charge is 2.11. The van der Waals surface area contributed by atoms with Gasteiger partial charge in [0.15, 0.2) is 0 Å². The Labute approximate surface area is 97.6 Å². The predicted octanol–water partition coefficient (Wildman–Crippen LogP) is 1.19. The van der Waals surface area contributed by atoms with Crippen LogP contribution in [0.3, 0.4) is 0 Å². The molecule has 0 saturated heterocycles. The molecule has 0 fully saturated rings. The zero-order valence-corrected chi connectivity index (χ0v) is 10.0. The second-order valence-electron chi connectivity index (χ2n) is 3.76. The first-order valence-electron chi connectivity index (χ1n) is 5.01. The maximum atomic E-state index is 5.38. The van der Waals surface area contributed by atoms with Crippen molar-refractivity contribution in [1.29, 1.82) is 0 Å². The number of rotatable bonds is 4. The van der Waals surface area contributed by atoms with E-state index in [2.05, 4.69) is 38.4 Å². The van der Waals surface area contributed by atoms with Crippen molar-refractivity contribution in [3.63, 3.8) is 0 Å². The molecule has 0 aliphatic rings. The molecule has 0 atom stereocenters. The summed E-state index contributed by atoms with van der Waals surface area (Å²) in [6.45, 7) is 4.87. The number of imidazole rings is 1. The van der Waals surface area contributed by atoms with Crippen molar-refractivity contribution >= 4 is 16.5 Å². The molecule has 0 unspecified atom stereocenters. The monoisotopic (exact) mass is 238 g/mol. The van der Waals surface area contributed by atoms with Crippen molar-refractivity contribution in [2.45, 2.75) is 26.3 Å². The highest BCUT2D eigenvalue weighted by atomic mass is 32.1. The van der Waals surface area contributed by atoms with Gasteiger partial charge in [0.25, 0.3) is 0 Å². The lowest BCUT2D eigenvalue weighted by Crippen LogP contribution is -2.11. The summed E-state index contributed by atoms with van der Waals surface area (Å²) in [6.07, 6.45) is 3.74. The van der Waals surface area contributed by atoms with Crippen LogP contribution in [0.1, 0.15) is 31.3 Å². The molecule has 2 rings (SSSR count). The third-order valence-corrected chi connectivity index (χ3v) is 2.97. The number of nitrogens with zero attached hydrogens (tertiary/aromatic N) is 4. The molecule has 7 heteroatoms. The van der Waals surface area contributed by atoms with Crippen LogP contribution in [-0.2, 0) is 6.54 Å². The molecule has 0 radical (unpaired) electrons. The molecule has 86 valence electrons. The highest BCUT2D eigenvalue weighted by Crippen LogP contribution is 2.19. The summed E-state index contributed by atoms with van der Waals surface area (Å²) in [5, 5.41) is 4.83. The number of hydrazine groups is 1. The molecular formula is C9H14N6S. The molecule has 6 nitrogen and oxygen atoms in total. The van der Waals surface area contributed by atoms with E-state index in [1.165, 1.54) is 11.5 Å². The Morgan fingerprint density at radius 2 is 2.38 bits per heavy atom. The predicted molar refractivity (Wildman–Crippen MR) is 63.1 cm³/mol. The minimum atomic E-state index is 0.385. The Bertz CT molecular complexity index is 460. The number of hydrogen-bond donors (Lipinski definition) is 2. The Balaban J connectivity index is 2.23. The largest absolute Gasteiger partial charge is 0.329 e. The second kappa shape index (κ2) is 4.58. The molecule has 0 aliphatic carbocycles. The average molecular weight is 238 g/mol. The van der Waals surface area contributed by atoms with Crippen LogP contribution in [0, 0.1) is 0 Å². The van der Waals surface area contributed by atoms with Gasteiger partial charge in [-0.05, 0) is 0 Å². The fourth-order valence-corrected chi connectivity index (χ4v) is 2.02. The number of anilines is 1. The summed E-state index contributed by atoms with van der Waals surface area (Å²) in [4.78, 5) is 4.32. The molecular weight excluding hydrogens is 224 g/mol. The number of nitrogens with two attached hydrogens (primary N) is 1. The van der Waals surface area contributed by atoms with Crippen molar-refractivity contribution in [1.82, 2.24) is 19.1 Å². The number of aromatic nitrogens is 4. The maximum Gasteiger partial charge on any atom is 0.149 e. The summed E-state index contributed by atoms with van der Waals surface area (Å²) in [7, 11) is 0. The van der Waals surface area contributed by atoms with E-state index in [4.69, 9.17) is 5.84 Å². The summed E-state index contributed by atoms with van der Waals surface area (Å²) in [5.74, 6) is 6.80. The Hall–Kier alpha value is -1.47. The minimum Gasteiger partial charge on any atom is -0.329 e. The average Bonchev–Trinajstić information content (AvgIpc) is 2.86. The SMILES string of the molecule is CC(C)c1nccn1Cc1nnsc1NN. The van der Waals surface area contributed by atoms with Crippen molar-refractivity contribution < 1.29 is 0 Å². The minimum absolute atomic E-state index is 0.385. The van der Waals surface area contributed by atoms with Crippen LogP contribution < -0.4 is 11.3 Å². The van der Waals surface area contributed by atoms with Crippen LogP contribution in [0.2, 0.25) is 0 Å². The molecule has 0 spiro atoms. The van der Waals surface area contributed by atoms with E-state index in [0.717, 1.165) is 16.5 Å². The molecule has 16 heavy (non-hydrogen) atoms. The molecule has 0 bridgehead atoms. The quantitative estimate of drug-likeness (QED) is 0.617. The summed E-state index contributed by atoms with van der Waals surface area (Å²) in [6, 6.07) is 0. The van der Waals surface area contributed by atoms with Crippen LogP contribution in [0.5, 0.6) is 0 Å². The van der Waals surface area contributed by atoms with Gasteiger partial charge in [-0.2, -0.15) is 0 Å². The highest BCUT2D eigenvalue weighted by molar-refractivity contribution is 7.10. The lowest BCUT2D eigenvalue weighted by molar-refractivity contribution is 0.660. The molecule has 3 N–H and O–H groups in total. The molecule has 0 aliphatic heterocycles. The smallest absolute Gasteiger partial charge is 0.149 e. The topological polar surface area (TPSA) is 81.7 Å². The fraction of sp³-hybridized carbons (Fsp3) is 0.444. The van der Waals surface area contributed by atoms with Crippen molar-refractivity contribution in [3.05, 3.63) is 23.9 Å². The van der Waals surface area contributed by atoms with Crippen molar-refractivity contribution in [2.75, 3.05) is 5.43 Å². The van der Waals surface area contributed by atoms with Gasteiger partial charge < -0.3 is 9.99 Å². The fourth-order valence-electron chi connectivity index (χ4n) is 1.54. The van der Waals surface area contributed by atoms with Gasteiger partial charge in [0.2, 0.25) is 0 Å². The van der Waals surface area contributed by atoms with Gasteiger partial charge in [0.1, 0.15) is 16.5 Å². The number of nitrogen functional groups attached to an aromatic ring is 1. The summed E-state index contributed by atoms with van der Waals surface area (Å²) >= 11 is 1.25. The maximum absolute atomic E-state index is 5.38. The third-order valence-electron chi connectivity index (χ3n) is 2.27. The second-order valence-corrected chi connectivity index (χ2v) is 4.52. The van der Waals surface area contributed by atoms with E-state index < -0.39 is 0 Å². The zero-order chi connectivity index (χ0) is 11.5. The van der Waals surface area contributed by atoms with Gasteiger partial charge in [-0.1, -0.05) is 18.3 Å². The van der Waals surface area contributed by atoms with Gasteiger partial charge in [-0.25, -0.2) is 10.8 Å². The van der Waals surface area contributed by atoms with Crippen LogP contribution >= 0.6 is 11.5 Å². The van der Waals surface area contributed by atoms with Crippen LogP contribution in [0.25, 0.3) is 0 Å². The summed E-state index contributed by atoms with van der Waals surface area (Å²) < 4.78 is 5.92. The first kappa shape index (κ1) is 11.0. The van der Waals surface area contributed by atoms with Gasteiger partial charge >= 0.3 is 0 Å². The Morgan fingerprint density at radius 1 is 1.56 bits per heavy atom. The molecule has 0 aromatic carbocycles. The van der Waals surface area contributed by atoms with Crippen molar-refractivity contribution in [2.24, 2.45) is 5.84 Å². The zero-order valence-electron chi connectivity index (χ0n) is 9.21. The normalized spacial score (nSPS) is 11.0. The van der Waals surface area contributed by atoms with Crippen LogP contribution in [0.4, 0.5) is 5.00 Å². The van der Waals surface area contributed by atoms with Crippen LogP contribution in [-0.4, -0.2) is 19.1 Å². The first-order valence-corrected chi connectivity index (χ1v) is 5.78. The number of nitrogens with one attached hydrogen (secondary N) is 1. The van der Waals surface area contributed by atoms with E-state index in [-0.39, 0.29) is 0 Å². The van der Waals surface area contributed by atoms with Crippen LogP contribution in [0.15, 0.2) is 12.4 Å². The lowest BCUT2D eigenvalue weighted by atomic mass is 10.2. The molecule has 0 saturated carbocycles. The van der Waals surface area contributed by atoms with Gasteiger partial charge in [-0.15, -0.1) is 5.10 Å². The third kappa shape index (κ3) is 2.05. The summed E-state index contributed by atoms with van der Waals surface area (Å²) in [5.41, 5.74) is 3.44. The first-order chi connectivity index (χ1) is 7.72. The molecule has 2 aromatic heterocycles. The van der Waals surface area contributed by atoms with E-state index in [1.807, 2.05) is 6.20 Å². The Kier molecular flexibility index (Phi) is 3.16. The number of hydrogen-bond acceptors (Lipinski definition) is 6. The van der Waals surface area contributed by atoms with E-state index in [0.29, 0.717) is 12.5 Å². The van der Waals surface area contributed by atoms with E-state index >= 15 is 0 Å². The molecule has 0 amide bonds. The van der Waals surface area contributed by atoms with Crippen molar-refractivity contribution in [3.8, 4) is 0 Å². The molecule has 2 heterocycles.